The Labute approximate surface area is 95.2 Å². The second-order valence-electron chi connectivity index (χ2n) is 3.50. The molecule has 1 aliphatic heterocycles. The summed E-state index contributed by atoms with van der Waals surface area (Å²) in [5.41, 5.74) is 0.642. The first kappa shape index (κ1) is 12.3. The number of rotatable bonds is 1. The maximum Gasteiger partial charge on any atom is 0.131 e. The van der Waals surface area contributed by atoms with E-state index in [2.05, 4.69) is 12.2 Å². The zero-order valence-electron chi connectivity index (χ0n) is 8.63. The molecule has 1 aliphatic rings. The molecule has 0 saturated heterocycles. The molecule has 0 aromatic heterocycles. The quantitative estimate of drug-likeness (QED) is 0.802. The van der Waals surface area contributed by atoms with Gasteiger partial charge in [-0.2, -0.15) is 0 Å². The highest BCUT2D eigenvalue weighted by atomic mass is 35.5. The van der Waals surface area contributed by atoms with Crippen molar-refractivity contribution < 1.29 is 9.13 Å². The number of hydrogen-bond acceptors (Lipinski definition) is 2. The first-order valence-corrected chi connectivity index (χ1v) is 4.96. The van der Waals surface area contributed by atoms with E-state index in [9.17, 15) is 4.39 Å². The molecule has 15 heavy (non-hydrogen) atoms. The highest BCUT2D eigenvalue weighted by Gasteiger charge is 2.17. The largest absolute Gasteiger partial charge is 0.489 e. The summed E-state index contributed by atoms with van der Waals surface area (Å²) in [5.74, 6) is 0.494. The Morgan fingerprint density at radius 2 is 2.33 bits per heavy atom. The molecule has 2 rings (SSSR count). The second kappa shape index (κ2) is 5.33. The van der Waals surface area contributed by atoms with E-state index in [4.69, 9.17) is 4.74 Å². The van der Waals surface area contributed by atoms with Crippen molar-refractivity contribution in [2.75, 3.05) is 6.54 Å². The van der Waals surface area contributed by atoms with Crippen LogP contribution in [0.25, 0.3) is 0 Å². The van der Waals surface area contributed by atoms with Crippen molar-refractivity contribution in [3.8, 4) is 5.75 Å². The van der Waals surface area contributed by atoms with E-state index in [-0.39, 0.29) is 24.3 Å². The van der Waals surface area contributed by atoms with Gasteiger partial charge in [0.15, 0.2) is 0 Å². The first-order chi connectivity index (χ1) is 6.81. The van der Waals surface area contributed by atoms with Gasteiger partial charge < -0.3 is 10.1 Å². The molecule has 0 saturated carbocycles. The summed E-state index contributed by atoms with van der Waals surface area (Å²) in [6.45, 7) is 3.40. The monoisotopic (exact) mass is 231 g/mol. The lowest BCUT2D eigenvalue weighted by molar-refractivity contribution is 0.201. The van der Waals surface area contributed by atoms with Gasteiger partial charge in [-0.1, -0.05) is 13.0 Å². The van der Waals surface area contributed by atoms with Crippen LogP contribution in [0.15, 0.2) is 18.2 Å². The predicted molar refractivity (Wildman–Crippen MR) is 60.1 cm³/mol. The summed E-state index contributed by atoms with van der Waals surface area (Å²) >= 11 is 0. The Kier molecular flexibility index (Phi) is 4.36. The average molecular weight is 232 g/mol. The van der Waals surface area contributed by atoms with Gasteiger partial charge in [-0.25, -0.2) is 4.39 Å². The van der Waals surface area contributed by atoms with Crippen LogP contribution in [0.1, 0.15) is 18.9 Å². The normalized spacial score (nSPS) is 19.5. The molecule has 0 unspecified atom stereocenters. The minimum atomic E-state index is -0.188. The van der Waals surface area contributed by atoms with Gasteiger partial charge in [-0.05, 0) is 18.6 Å². The molecule has 1 aromatic rings. The molecule has 0 bridgehead atoms. The molecule has 0 fully saturated rings. The molecule has 0 spiro atoms. The SMILES string of the molecule is CC[C@@H]1CNCc2c(F)cccc2O1.Cl. The van der Waals surface area contributed by atoms with Gasteiger partial charge in [-0.15, -0.1) is 12.4 Å². The number of benzene rings is 1. The average Bonchev–Trinajstić information content (AvgIpc) is 2.40. The van der Waals surface area contributed by atoms with Crippen molar-refractivity contribution in [3.63, 3.8) is 0 Å². The second-order valence-corrected chi connectivity index (χ2v) is 3.50. The Balaban J connectivity index is 0.00000112. The molecule has 1 atom stereocenters. The van der Waals surface area contributed by atoms with Crippen LogP contribution < -0.4 is 10.1 Å². The van der Waals surface area contributed by atoms with Crippen molar-refractivity contribution in [3.05, 3.63) is 29.6 Å². The number of ether oxygens (including phenoxy) is 1. The number of nitrogens with one attached hydrogen (secondary N) is 1. The molecule has 0 radical (unpaired) electrons. The predicted octanol–water partition coefficient (Wildman–Crippen LogP) is 2.51. The summed E-state index contributed by atoms with van der Waals surface area (Å²) in [6, 6.07) is 4.98. The van der Waals surface area contributed by atoms with E-state index in [1.807, 2.05) is 6.07 Å². The standard InChI is InChI=1S/C11H14FNO.ClH/c1-2-8-6-13-7-9-10(12)4-3-5-11(9)14-8;/h3-5,8,13H,2,6-7H2,1H3;1H/t8-;/m1./s1. The fraction of sp³-hybridized carbons (Fsp3) is 0.455. The summed E-state index contributed by atoms with van der Waals surface area (Å²) in [7, 11) is 0. The summed E-state index contributed by atoms with van der Waals surface area (Å²) < 4.78 is 19.0. The minimum Gasteiger partial charge on any atom is -0.489 e. The Bertz CT molecular complexity index is 332. The van der Waals surface area contributed by atoms with Crippen LogP contribution in [0.4, 0.5) is 4.39 Å². The maximum atomic E-state index is 13.4. The molecule has 1 N–H and O–H groups in total. The van der Waals surface area contributed by atoms with Crippen molar-refractivity contribution in [1.82, 2.24) is 5.32 Å². The maximum absolute atomic E-state index is 13.4. The van der Waals surface area contributed by atoms with Crippen LogP contribution in [-0.4, -0.2) is 12.6 Å². The minimum absolute atomic E-state index is 0. The molecule has 2 nitrogen and oxygen atoms in total. The van der Waals surface area contributed by atoms with Gasteiger partial charge in [0.2, 0.25) is 0 Å². The van der Waals surface area contributed by atoms with Crippen LogP contribution in [0.5, 0.6) is 5.75 Å². The third-order valence-corrected chi connectivity index (χ3v) is 2.50. The Hall–Kier alpha value is -0.800. The van der Waals surface area contributed by atoms with Gasteiger partial charge in [-0.3, -0.25) is 0 Å². The highest BCUT2D eigenvalue weighted by Crippen LogP contribution is 2.24. The van der Waals surface area contributed by atoms with Gasteiger partial charge >= 0.3 is 0 Å². The van der Waals surface area contributed by atoms with Gasteiger partial charge in [0, 0.05) is 18.7 Å². The molecule has 1 aromatic carbocycles. The summed E-state index contributed by atoms with van der Waals surface area (Å²) in [6.07, 6.45) is 1.08. The topological polar surface area (TPSA) is 21.3 Å². The first-order valence-electron chi connectivity index (χ1n) is 4.96. The molecular weight excluding hydrogens is 217 g/mol. The van der Waals surface area contributed by atoms with E-state index < -0.39 is 0 Å². The fourth-order valence-electron chi connectivity index (χ4n) is 1.63. The lowest BCUT2D eigenvalue weighted by Crippen LogP contribution is -2.27. The summed E-state index contributed by atoms with van der Waals surface area (Å²) in [4.78, 5) is 0. The molecule has 0 amide bonds. The summed E-state index contributed by atoms with van der Waals surface area (Å²) in [5, 5.41) is 3.18. The fourth-order valence-corrected chi connectivity index (χ4v) is 1.63. The number of fused-ring (bicyclic) bond motifs is 1. The molecule has 0 aliphatic carbocycles. The number of halogens is 2. The third-order valence-electron chi connectivity index (χ3n) is 2.50. The zero-order valence-corrected chi connectivity index (χ0v) is 9.44. The molecule has 4 heteroatoms. The Morgan fingerprint density at radius 1 is 1.53 bits per heavy atom. The van der Waals surface area contributed by atoms with E-state index in [1.165, 1.54) is 6.07 Å². The van der Waals surface area contributed by atoms with Crippen LogP contribution in [-0.2, 0) is 6.54 Å². The van der Waals surface area contributed by atoms with E-state index in [0.717, 1.165) is 13.0 Å². The van der Waals surface area contributed by atoms with Crippen molar-refractivity contribution in [2.45, 2.75) is 26.0 Å². The van der Waals surface area contributed by atoms with E-state index in [1.54, 1.807) is 6.07 Å². The van der Waals surface area contributed by atoms with E-state index >= 15 is 0 Å². The molecular formula is C11H15ClFNO. The van der Waals surface area contributed by atoms with E-state index in [0.29, 0.717) is 17.9 Å². The molecule has 1 heterocycles. The lowest BCUT2D eigenvalue weighted by atomic mass is 10.2. The van der Waals surface area contributed by atoms with Crippen LogP contribution in [0, 0.1) is 5.82 Å². The van der Waals surface area contributed by atoms with Crippen LogP contribution >= 0.6 is 12.4 Å². The van der Waals surface area contributed by atoms with Crippen LogP contribution in [0.2, 0.25) is 0 Å². The van der Waals surface area contributed by atoms with Crippen molar-refractivity contribution >= 4 is 12.4 Å². The van der Waals surface area contributed by atoms with Crippen LogP contribution in [0.3, 0.4) is 0 Å². The highest BCUT2D eigenvalue weighted by molar-refractivity contribution is 5.85. The number of hydrogen-bond donors (Lipinski definition) is 1. The smallest absolute Gasteiger partial charge is 0.131 e. The van der Waals surface area contributed by atoms with Crippen molar-refractivity contribution in [2.24, 2.45) is 0 Å². The zero-order chi connectivity index (χ0) is 9.97. The van der Waals surface area contributed by atoms with Crippen molar-refractivity contribution in [1.29, 1.82) is 0 Å². The third kappa shape index (κ3) is 2.61. The Morgan fingerprint density at radius 3 is 3.07 bits per heavy atom. The lowest BCUT2D eigenvalue weighted by Gasteiger charge is -2.14. The van der Waals surface area contributed by atoms with Gasteiger partial charge in [0.05, 0.1) is 0 Å². The molecule has 84 valence electrons. The van der Waals surface area contributed by atoms with Gasteiger partial charge in [0.1, 0.15) is 17.7 Å². The van der Waals surface area contributed by atoms with Gasteiger partial charge in [0.25, 0.3) is 0 Å².